The number of benzene rings is 3. The number of nitrogens with one attached hydrogen (secondary N) is 1. The molecule has 0 aliphatic carbocycles. The van der Waals surface area contributed by atoms with Gasteiger partial charge in [-0.25, -0.2) is 14.7 Å². The minimum Gasteiger partial charge on any atom is -0.497 e. The summed E-state index contributed by atoms with van der Waals surface area (Å²) in [5, 5.41) is 18.8. The highest BCUT2D eigenvalue weighted by Gasteiger charge is 2.31. The second kappa shape index (κ2) is 14.1. The van der Waals surface area contributed by atoms with Crippen LogP contribution in [-0.2, 0) is 0 Å². The maximum Gasteiger partial charge on any atom is 0.573 e. The number of aliphatic imine (C=N–C) groups is 1. The number of aromatic nitrogens is 3. The van der Waals surface area contributed by atoms with Gasteiger partial charge in [0.25, 0.3) is 0 Å². The standard InChI is InChI=1S/C32H33F3N6O3S/c1-21(2)27-19-26(43-3)13-14-28(27)40-17-4-18-45-31(40)38-30(42)36-16-15-22-5-7-23(8-6-22)29-37-20-41(39-29)24-9-11-25(12-10-24)44-32(33,34)35/h5-16,19-21,30,36,42H,4,17-18H2,1-3H3/b16-15+,38-31?. The summed E-state index contributed by atoms with van der Waals surface area (Å²) in [5.74, 6) is 2.16. The van der Waals surface area contributed by atoms with Gasteiger partial charge in [0.15, 0.2) is 11.0 Å². The molecule has 1 aromatic heterocycles. The van der Waals surface area contributed by atoms with Gasteiger partial charge in [-0.1, -0.05) is 49.9 Å². The highest BCUT2D eigenvalue weighted by molar-refractivity contribution is 8.14. The lowest BCUT2D eigenvalue weighted by Gasteiger charge is -2.32. The van der Waals surface area contributed by atoms with E-state index >= 15 is 0 Å². The summed E-state index contributed by atoms with van der Waals surface area (Å²) in [7, 11) is 1.66. The zero-order valence-corrected chi connectivity index (χ0v) is 25.7. The van der Waals surface area contributed by atoms with Gasteiger partial charge in [-0.05, 0) is 72.0 Å². The molecule has 0 saturated carbocycles. The Morgan fingerprint density at radius 3 is 2.47 bits per heavy atom. The average molecular weight is 639 g/mol. The zero-order valence-electron chi connectivity index (χ0n) is 24.9. The van der Waals surface area contributed by atoms with Crippen molar-refractivity contribution >= 4 is 28.7 Å². The lowest BCUT2D eigenvalue weighted by molar-refractivity contribution is -0.274. The van der Waals surface area contributed by atoms with E-state index < -0.39 is 12.7 Å². The van der Waals surface area contributed by atoms with E-state index in [0.29, 0.717) is 11.5 Å². The molecule has 0 radical (unpaired) electrons. The summed E-state index contributed by atoms with van der Waals surface area (Å²) in [5.41, 5.74) is 4.39. The van der Waals surface area contributed by atoms with Crippen LogP contribution in [0, 0.1) is 0 Å². The Balaban J connectivity index is 1.21. The molecule has 0 spiro atoms. The van der Waals surface area contributed by atoms with Gasteiger partial charge in [0.05, 0.1) is 12.8 Å². The molecule has 13 heteroatoms. The fraction of sp³-hybridized carbons (Fsp3) is 0.281. The lowest BCUT2D eigenvalue weighted by Crippen LogP contribution is -2.37. The van der Waals surface area contributed by atoms with E-state index in [2.05, 4.69) is 49.9 Å². The minimum atomic E-state index is -4.75. The Bertz CT molecular complexity index is 1640. The summed E-state index contributed by atoms with van der Waals surface area (Å²) in [6.07, 6.45) is 0.0750. The predicted octanol–water partition coefficient (Wildman–Crippen LogP) is 6.80. The van der Waals surface area contributed by atoms with Gasteiger partial charge in [-0.2, -0.15) is 0 Å². The molecule has 1 aliphatic heterocycles. The van der Waals surface area contributed by atoms with Gasteiger partial charge in [0.1, 0.15) is 17.8 Å². The molecule has 45 heavy (non-hydrogen) atoms. The number of thioether (sulfide) groups is 1. The molecule has 0 bridgehead atoms. The van der Waals surface area contributed by atoms with Crippen LogP contribution in [0.1, 0.15) is 37.3 Å². The van der Waals surface area contributed by atoms with Crippen LogP contribution in [0.25, 0.3) is 23.2 Å². The number of nitrogens with zero attached hydrogens (tertiary/aromatic N) is 5. The summed E-state index contributed by atoms with van der Waals surface area (Å²) in [6.45, 7) is 5.10. The molecule has 1 unspecified atom stereocenters. The third-order valence-corrected chi connectivity index (χ3v) is 7.96. The van der Waals surface area contributed by atoms with E-state index in [-0.39, 0.29) is 11.7 Å². The van der Waals surface area contributed by atoms with Gasteiger partial charge in [-0.15, -0.1) is 18.3 Å². The highest BCUT2D eigenvalue weighted by Crippen LogP contribution is 2.35. The number of hydrogen-bond donors (Lipinski definition) is 2. The van der Waals surface area contributed by atoms with Gasteiger partial charge in [0, 0.05) is 29.7 Å². The molecule has 5 rings (SSSR count). The number of ether oxygens (including phenoxy) is 2. The van der Waals surface area contributed by atoms with Crippen molar-refractivity contribution in [1.29, 1.82) is 0 Å². The second-order valence-corrected chi connectivity index (χ2v) is 11.5. The van der Waals surface area contributed by atoms with Crippen LogP contribution in [0.15, 0.2) is 84.2 Å². The summed E-state index contributed by atoms with van der Waals surface area (Å²) in [6, 6.07) is 18.9. The maximum absolute atomic E-state index is 12.4. The van der Waals surface area contributed by atoms with E-state index in [9.17, 15) is 18.3 Å². The van der Waals surface area contributed by atoms with Crippen molar-refractivity contribution in [1.82, 2.24) is 20.1 Å². The van der Waals surface area contributed by atoms with Crippen LogP contribution in [0.3, 0.4) is 0 Å². The van der Waals surface area contributed by atoms with Crippen LogP contribution in [0.4, 0.5) is 18.9 Å². The quantitative estimate of drug-likeness (QED) is 0.183. The number of rotatable bonds is 10. The summed E-state index contributed by atoms with van der Waals surface area (Å²) >= 11 is 1.62. The first-order valence-electron chi connectivity index (χ1n) is 14.2. The van der Waals surface area contributed by atoms with Crippen molar-refractivity contribution in [2.24, 2.45) is 4.99 Å². The van der Waals surface area contributed by atoms with Crippen molar-refractivity contribution < 1.29 is 27.8 Å². The monoisotopic (exact) mass is 638 g/mol. The van der Waals surface area contributed by atoms with Gasteiger partial charge in [-0.3, -0.25) is 0 Å². The van der Waals surface area contributed by atoms with Crippen LogP contribution < -0.4 is 19.7 Å². The fourth-order valence-corrected chi connectivity index (χ4v) is 5.67. The number of halogens is 3. The number of aliphatic hydroxyl groups excluding tert-OH is 1. The van der Waals surface area contributed by atoms with Gasteiger partial charge >= 0.3 is 6.36 Å². The molecule has 2 heterocycles. The SMILES string of the molecule is COc1ccc(N2CCCSC2=NC(O)N/C=C/c2ccc(-c3ncn(-c4ccc(OC(F)(F)F)cc4)n3)cc2)c(C(C)C)c1. The minimum absolute atomic E-state index is 0.287. The number of aliphatic hydroxyl groups is 1. The molecule has 0 amide bonds. The predicted molar refractivity (Wildman–Crippen MR) is 171 cm³/mol. The Kier molecular flexibility index (Phi) is 9.99. The molecule has 3 aromatic carbocycles. The van der Waals surface area contributed by atoms with E-state index in [4.69, 9.17) is 4.74 Å². The second-order valence-electron chi connectivity index (χ2n) is 10.4. The molecule has 9 nitrogen and oxygen atoms in total. The van der Waals surface area contributed by atoms with Gasteiger partial charge in [0.2, 0.25) is 6.35 Å². The average Bonchev–Trinajstić information content (AvgIpc) is 3.51. The molecular formula is C32H33F3N6O3S. The van der Waals surface area contributed by atoms with Crippen LogP contribution in [-0.4, -0.2) is 57.2 Å². The Labute approximate surface area is 263 Å². The van der Waals surface area contributed by atoms with Crippen molar-refractivity contribution in [3.8, 4) is 28.6 Å². The Morgan fingerprint density at radius 2 is 1.78 bits per heavy atom. The fourth-order valence-electron chi connectivity index (χ4n) is 4.69. The van der Waals surface area contributed by atoms with Crippen molar-refractivity contribution in [2.75, 3.05) is 24.3 Å². The summed E-state index contributed by atoms with van der Waals surface area (Å²) < 4.78 is 48.0. The van der Waals surface area contributed by atoms with Crippen LogP contribution in [0.2, 0.25) is 0 Å². The molecule has 1 saturated heterocycles. The first-order chi connectivity index (χ1) is 21.6. The number of anilines is 1. The van der Waals surface area contributed by atoms with E-state index in [0.717, 1.165) is 52.0 Å². The number of methoxy groups -OCH3 is 1. The normalized spacial score (nSPS) is 15.6. The molecule has 1 aliphatic rings. The van der Waals surface area contributed by atoms with E-state index in [1.807, 2.05) is 42.5 Å². The van der Waals surface area contributed by atoms with Crippen molar-refractivity contribution in [3.05, 3.63) is 90.4 Å². The Hall–Kier alpha value is -4.49. The topological polar surface area (TPSA) is 97.0 Å². The Morgan fingerprint density at radius 1 is 1.04 bits per heavy atom. The molecular weight excluding hydrogens is 605 g/mol. The lowest BCUT2D eigenvalue weighted by atomic mass is 10.00. The number of hydrogen-bond acceptors (Lipinski definition) is 8. The zero-order chi connectivity index (χ0) is 32.0. The largest absolute Gasteiger partial charge is 0.573 e. The van der Waals surface area contributed by atoms with E-state index in [1.165, 1.54) is 35.3 Å². The number of alkyl halides is 3. The first kappa shape index (κ1) is 31.9. The smallest absolute Gasteiger partial charge is 0.497 e. The molecule has 1 fully saturated rings. The third-order valence-electron chi connectivity index (χ3n) is 6.89. The molecule has 236 valence electrons. The third kappa shape index (κ3) is 8.37. The van der Waals surface area contributed by atoms with Gasteiger partial charge < -0.3 is 24.8 Å². The molecule has 2 N–H and O–H groups in total. The van der Waals surface area contributed by atoms with Crippen molar-refractivity contribution in [3.63, 3.8) is 0 Å². The highest BCUT2D eigenvalue weighted by atomic mass is 32.2. The maximum atomic E-state index is 12.4. The molecule has 1 atom stereocenters. The molecule has 4 aromatic rings. The van der Waals surface area contributed by atoms with Crippen molar-refractivity contribution in [2.45, 2.75) is 38.9 Å². The summed E-state index contributed by atoms with van der Waals surface area (Å²) in [4.78, 5) is 11.0. The van der Waals surface area contributed by atoms with Crippen LogP contribution >= 0.6 is 11.8 Å². The first-order valence-corrected chi connectivity index (χ1v) is 15.2. The van der Waals surface area contributed by atoms with Crippen LogP contribution in [0.5, 0.6) is 11.5 Å². The van der Waals surface area contributed by atoms with E-state index in [1.54, 1.807) is 25.1 Å². The number of amidine groups is 1.